The summed E-state index contributed by atoms with van der Waals surface area (Å²) in [6.45, 7) is 0.941. The first-order chi connectivity index (χ1) is 7.52. The normalized spacial score (nSPS) is 10.6. The Labute approximate surface area is 98.2 Å². The number of hydrogen-bond acceptors (Lipinski definition) is 7. The number of rotatable bonds is 5. The predicted octanol–water partition coefficient (Wildman–Crippen LogP) is -0.656. The highest BCUT2D eigenvalue weighted by Crippen LogP contribution is 2.14. The van der Waals surface area contributed by atoms with Gasteiger partial charge in [0.2, 0.25) is 11.0 Å². The van der Waals surface area contributed by atoms with E-state index in [0.717, 1.165) is 5.01 Å². The maximum Gasteiger partial charge on any atom is 0.236 e. The van der Waals surface area contributed by atoms with E-state index in [0.29, 0.717) is 18.2 Å². The van der Waals surface area contributed by atoms with E-state index in [4.69, 9.17) is 5.84 Å². The summed E-state index contributed by atoms with van der Waals surface area (Å²) < 4.78 is 0. The molecule has 0 saturated carbocycles. The molecular weight excluding hydrogens is 228 g/mol. The molecule has 90 valence electrons. The van der Waals surface area contributed by atoms with Crippen molar-refractivity contribution >= 4 is 22.4 Å². The average molecular weight is 244 g/mol. The van der Waals surface area contributed by atoms with Crippen LogP contribution in [0.5, 0.6) is 0 Å². The largest absolute Gasteiger partial charge is 0.348 e. The van der Waals surface area contributed by atoms with Gasteiger partial charge in [-0.3, -0.25) is 15.1 Å². The van der Waals surface area contributed by atoms with Crippen LogP contribution >= 0.6 is 11.3 Å². The van der Waals surface area contributed by atoms with Crippen LogP contribution in [0.2, 0.25) is 0 Å². The molecule has 1 heterocycles. The molecule has 1 aromatic heterocycles. The van der Waals surface area contributed by atoms with Gasteiger partial charge >= 0.3 is 0 Å². The standard InChI is InChI=1S/C8H16N6OS/c1-13(2)7(15)5-14(3)4-6-11-12-8(10-9)16-6/h4-5,9H2,1-3H3,(H,10,12). The summed E-state index contributed by atoms with van der Waals surface area (Å²) in [6, 6.07) is 0. The van der Waals surface area contributed by atoms with Crippen molar-refractivity contribution < 1.29 is 4.79 Å². The van der Waals surface area contributed by atoms with E-state index in [1.54, 1.807) is 19.0 Å². The Balaban J connectivity index is 2.45. The highest BCUT2D eigenvalue weighted by atomic mass is 32.1. The van der Waals surface area contributed by atoms with Crippen molar-refractivity contribution in [1.82, 2.24) is 20.0 Å². The van der Waals surface area contributed by atoms with Crippen LogP contribution in [0.15, 0.2) is 0 Å². The van der Waals surface area contributed by atoms with E-state index in [9.17, 15) is 4.79 Å². The van der Waals surface area contributed by atoms with Crippen LogP contribution in [-0.4, -0.2) is 53.6 Å². The van der Waals surface area contributed by atoms with Gasteiger partial charge in [-0.15, -0.1) is 10.2 Å². The number of likely N-dealkylation sites (N-methyl/N-ethyl adjacent to an activating group) is 2. The lowest BCUT2D eigenvalue weighted by Crippen LogP contribution is -2.34. The molecule has 0 aliphatic heterocycles. The Hall–Kier alpha value is -1.25. The number of nitrogens with two attached hydrogens (primary N) is 1. The smallest absolute Gasteiger partial charge is 0.236 e. The highest BCUT2D eigenvalue weighted by molar-refractivity contribution is 7.15. The minimum absolute atomic E-state index is 0.0594. The molecule has 3 N–H and O–H groups in total. The zero-order chi connectivity index (χ0) is 12.1. The summed E-state index contributed by atoms with van der Waals surface area (Å²) in [4.78, 5) is 14.9. The molecule has 7 nitrogen and oxygen atoms in total. The van der Waals surface area contributed by atoms with Crippen LogP contribution in [0.4, 0.5) is 5.13 Å². The Morgan fingerprint density at radius 3 is 2.62 bits per heavy atom. The molecule has 0 saturated heterocycles. The Kier molecular flexibility index (Phi) is 4.59. The monoisotopic (exact) mass is 244 g/mol. The maximum absolute atomic E-state index is 11.4. The molecule has 16 heavy (non-hydrogen) atoms. The fraction of sp³-hybridized carbons (Fsp3) is 0.625. The second-order valence-corrected chi connectivity index (χ2v) is 4.67. The number of nitrogens with zero attached hydrogens (tertiary/aromatic N) is 4. The van der Waals surface area contributed by atoms with Crippen molar-refractivity contribution in [1.29, 1.82) is 0 Å². The molecule has 0 fully saturated rings. The fourth-order valence-electron chi connectivity index (χ4n) is 1.03. The van der Waals surface area contributed by atoms with Crippen LogP contribution in [0.3, 0.4) is 0 Å². The summed E-state index contributed by atoms with van der Waals surface area (Å²) in [5, 5.41) is 9.14. The Bertz CT molecular complexity index is 352. The second-order valence-electron chi connectivity index (χ2n) is 3.61. The van der Waals surface area contributed by atoms with Gasteiger partial charge in [-0.05, 0) is 7.05 Å². The molecule has 0 unspecified atom stereocenters. The van der Waals surface area contributed by atoms with Crippen LogP contribution in [0.1, 0.15) is 5.01 Å². The van der Waals surface area contributed by atoms with Gasteiger partial charge in [0.25, 0.3) is 0 Å². The van der Waals surface area contributed by atoms with E-state index < -0.39 is 0 Å². The van der Waals surface area contributed by atoms with Gasteiger partial charge in [0.1, 0.15) is 5.01 Å². The molecule has 0 aromatic carbocycles. The summed E-state index contributed by atoms with van der Waals surface area (Å²) in [7, 11) is 5.33. The molecular formula is C8H16N6OS. The number of amides is 1. The minimum Gasteiger partial charge on any atom is -0.348 e. The number of aromatic nitrogens is 2. The first-order valence-corrected chi connectivity index (χ1v) is 5.52. The molecule has 0 atom stereocenters. The van der Waals surface area contributed by atoms with Gasteiger partial charge in [0, 0.05) is 14.1 Å². The number of carbonyl (C=O) groups is 1. The quantitative estimate of drug-likeness (QED) is 0.528. The SMILES string of the molecule is CN(CC(=O)N(C)C)Cc1nnc(NN)s1. The lowest BCUT2D eigenvalue weighted by Gasteiger charge is -2.17. The molecule has 8 heteroatoms. The molecule has 0 radical (unpaired) electrons. The Morgan fingerprint density at radius 2 is 2.12 bits per heavy atom. The number of hydrazine groups is 1. The van der Waals surface area contributed by atoms with Crippen molar-refractivity contribution in [3.05, 3.63) is 5.01 Å². The lowest BCUT2D eigenvalue weighted by molar-refractivity contribution is -0.129. The number of carbonyl (C=O) groups excluding carboxylic acids is 1. The van der Waals surface area contributed by atoms with Crippen LogP contribution in [0, 0.1) is 0 Å². The molecule has 0 spiro atoms. The summed E-state index contributed by atoms with van der Waals surface area (Å²) >= 11 is 1.37. The zero-order valence-electron chi connectivity index (χ0n) is 9.60. The van der Waals surface area contributed by atoms with E-state index in [1.165, 1.54) is 11.3 Å². The number of nitrogens with one attached hydrogen (secondary N) is 1. The third kappa shape index (κ3) is 3.72. The summed E-state index contributed by atoms with van der Waals surface area (Å²) in [6.07, 6.45) is 0. The van der Waals surface area contributed by atoms with Gasteiger partial charge < -0.3 is 4.90 Å². The van der Waals surface area contributed by atoms with Crippen molar-refractivity contribution in [2.45, 2.75) is 6.54 Å². The highest BCUT2D eigenvalue weighted by Gasteiger charge is 2.11. The van der Waals surface area contributed by atoms with Crippen molar-refractivity contribution in [3.8, 4) is 0 Å². The number of nitrogen functional groups attached to an aromatic ring is 1. The van der Waals surface area contributed by atoms with Gasteiger partial charge in [0.05, 0.1) is 13.1 Å². The van der Waals surface area contributed by atoms with Gasteiger partial charge in [-0.2, -0.15) is 0 Å². The van der Waals surface area contributed by atoms with Crippen molar-refractivity contribution in [3.63, 3.8) is 0 Å². The van der Waals surface area contributed by atoms with Gasteiger partial charge in [-0.1, -0.05) is 11.3 Å². The molecule has 0 aliphatic rings. The van der Waals surface area contributed by atoms with E-state index >= 15 is 0 Å². The van der Waals surface area contributed by atoms with Crippen LogP contribution in [-0.2, 0) is 11.3 Å². The molecule has 1 amide bonds. The molecule has 0 aliphatic carbocycles. The lowest BCUT2D eigenvalue weighted by atomic mass is 10.5. The van der Waals surface area contributed by atoms with Gasteiger partial charge in [-0.25, -0.2) is 5.84 Å². The third-order valence-corrected chi connectivity index (χ3v) is 2.74. The predicted molar refractivity (Wildman–Crippen MR) is 62.7 cm³/mol. The maximum atomic E-state index is 11.4. The third-order valence-electron chi connectivity index (χ3n) is 1.90. The first kappa shape index (κ1) is 12.8. The number of anilines is 1. The van der Waals surface area contributed by atoms with Crippen LogP contribution < -0.4 is 11.3 Å². The second kappa shape index (κ2) is 5.73. The first-order valence-electron chi connectivity index (χ1n) is 4.70. The van der Waals surface area contributed by atoms with Crippen molar-refractivity contribution in [2.75, 3.05) is 33.1 Å². The number of hydrogen-bond donors (Lipinski definition) is 2. The topological polar surface area (TPSA) is 87.4 Å². The van der Waals surface area contributed by atoms with Gasteiger partial charge in [0.15, 0.2) is 0 Å². The minimum atomic E-state index is 0.0594. The van der Waals surface area contributed by atoms with Crippen LogP contribution in [0.25, 0.3) is 0 Å². The molecule has 0 bridgehead atoms. The summed E-state index contributed by atoms with van der Waals surface area (Å²) in [5.41, 5.74) is 2.43. The van der Waals surface area contributed by atoms with E-state index in [-0.39, 0.29) is 5.91 Å². The average Bonchev–Trinajstić information content (AvgIpc) is 2.65. The fourth-order valence-corrected chi connectivity index (χ4v) is 1.77. The molecule has 1 rings (SSSR count). The van der Waals surface area contributed by atoms with E-state index in [1.807, 2.05) is 11.9 Å². The van der Waals surface area contributed by atoms with E-state index in [2.05, 4.69) is 15.6 Å². The van der Waals surface area contributed by atoms with Crippen molar-refractivity contribution in [2.24, 2.45) is 5.84 Å². The Morgan fingerprint density at radius 1 is 1.44 bits per heavy atom. The zero-order valence-corrected chi connectivity index (χ0v) is 10.4. The summed E-state index contributed by atoms with van der Waals surface area (Å²) in [5.74, 6) is 5.26. The molecule has 1 aromatic rings.